The molecule has 0 aromatic rings. The monoisotopic (exact) mass is 296 g/mol. The van der Waals surface area contributed by atoms with Gasteiger partial charge in [0.05, 0.1) is 17.4 Å². The van der Waals surface area contributed by atoms with E-state index in [2.05, 4.69) is 11.6 Å². The zero-order valence-corrected chi connectivity index (χ0v) is 12.3. The van der Waals surface area contributed by atoms with Gasteiger partial charge in [-0.05, 0) is 25.3 Å². The number of fused-ring (bicyclic) bond motifs is 3. The lowest BCUT2D eigenvalue weighted by Crippen LogP contribution is -2.42. The molecular weight excluding hydrogens is 282 g/mol. The van der Waals surface area contributed by atoms with E-state index in [4.69, 9.17) is 4.74 Å². The first-order valence-electron chi connectivity index (χ1n) is 6.15. The topological polar surface area (TPSA) is 59.0 Å². The summed E-state index contributed by atoms with van der Waals surface area (Å²) in [4.78, 5) is 6.26. The number of hydrogen-bond donors (Lipinski definition) is 0. The van der Waals surface area contributed by atoms with Gasteiger partial charge in [-0.1, -0.05) is 6.58 Å². The largest absolute Gasteiger partial charge is 0.455 e. The third-order valence-electron chi connectivity index (χ3n) is 4.18. The molecule has 19 heavy (non-hydrogen) atoms. The van der Waals surface area contributed by atoms with Crippen LogP contribution in [0.4, 0.5) is 0 Å². The van der Waals surface area contributed by atoms with Crippen LogP contribution >= 0.6 is 16.9 Å². The molecule has 0 radical (unpaired) electrons. The van der Waals surface area contributed by atoms with Gasteiger partial charge in [0.25, 0.3) is 6.02 Å². The highest BCUT2D eigenvalue weighted by Gasteiger charge is 2.62. The van der Waals surface area contributed by atoms with Gasteiger partial charge in [0, 0.05) is 12.4 Å². The minimum Gasteiger partial charge on any atom is -0.455 e. The summed E-state index contributed by atoms with van der Waals surface area (Å²) in [7, 11) is 0.143. The number of rotatable bonds is 3. The van der Waals surface area contributed by atoms with E-state index in [-0.39, 0.29) is 34.5 Å². The molecule has 1 saturated heterocycles. The lowest BCUT2D eigenvalue weighted by molar-refractivity contribution is 0.0975. The van der Waals surface area contributed by atoms with Crippen molar-refractivity contribution in [3.8, 4) is 0 Å². The van der Waals surface area contributed by atoms with Gasteiger partial charge in [-0.15, -0.1) is 0 Å². The normalized spacial score (nSPS) is 40.3. The van der Waals surface area contributed by atoms with Gasteiger partial charge in [-0.25, -0.2) is 0 Å². The highest BCUT2D eigenvalue weighted by atomic mass is 31.1. The first kappa shape index (κ1) is 13.0. The smallest absolute Gasteiger partial charge is 0.297 e. The SMILES string of the molecule is C=C1C=CN2C(=N1)O[C@@]1(C)[C@H](P=O)[C@@H](CP=O)C[C@@H]21. The molecule has 0 spiro atoms. The second-order valence-electron chi connectivity index (χ2n) is 5.27. The van der Waals surface area contributed by atoms with Gasteiger partial charge in [-0.2, -0.15) is 4.99 Å². The third-order valence-corrected chi connectivity index (χ3v) is 5.96. The fourth-order valence-corrected chi connectivity index (χ4v) is 4.80. The average Bonchev–Trinajstić information content (AvgIpc) is 2.77. The van der Waals surface area contributed by atoms with Gasteiger partial charge >= 0.3 is 0 Å². The molecule has 1 saturated carbocycles. The van der Waals surface area contributed by atoms with Crippen LogP contribution in [-0.4, -0.2) is 34.4 Å². The van der Waals surface area contributed by atoms with Crippen LogP contribution in [0, 0.1) is 5.92 Å². The molecule has 100 valence electrons. The van der Waals surface area contributed by atoms with Gasteiger partial charge < -0.3 is 4.74 Å². The standard InChI is InChI=1S/C12H14N2O3P2/c1-7-3-4-14-9-5-8(6-18-15)10(19-16)12(9,2)17-11(14)13-7/h3-4,8-10H,1,5-6H2,2H3/t8-,9-,10-,12-/m1/s1. The maximum atomic E-state index is 11.5. The molecule has 2 fully saturated rings. The van der Waals surface area contributed by atoms with Crippen molar-refractivity contribution < 1.29 is 13.9 Å². The van der Waals surface area contributed by atoms with Gasteiger partial charge in [-0.3, -0.25) is 14.0 Å². The molecule has 0 aromatic heterocycles. The number of aliphatic imine (C=N–C) groups is 1. The summed E-state index contributed by atoms with van der Waals surface area (Å²) >= 11 is 0. The van der Waals surface area contributed by atoms with E-state index >= 15 is 0 Å². The Bertz CT molecular complexity index is 519. The zero-order chi connectivity index (χ0) is 13.6. The van der Waals surface area contributed by atoms with Crippen molar-refractivity contribution in [2.75, 3.05) is 6.16 Å². The number of hydrogen-bond acceptors (Lipinski definition) is 5. The van der Waals surface area contributed by atoms with Crippen LogP contribution in [0.5, 0.6) is 0 Å². The van der Waals surface area contributed by atoms with E-state index < -0.39 is 5.60 Å². The van der Waals surface area contributed by atoms with Gasteiger partial charge in [0.2, 0.25) is 0 Å². The number of ether oxygens (including phenoxy) is 1. The molecule has 0 amide bonds. The van der Waals surface area contributed by atoms with Crippen molar-refractivity contribution in [2.45, 2.75) is 30.6 Å². The summed E-state index contributed by atoms with van der Waals surface area (Å²) in [5, 5.41) is 0. The van der Waals surface area contributed by atoms with E-state index in [1.54, 1.807) is 0 Å². The molecule has 7 heteroatoms. The van der Waals surface area contributed by atoms with Crippen LogP contribution in [0.3, 0.4) is 0 Å². The quantitative estimate of drug-likeness (QED) is 0.751. The highest BCUT2D eigenvalue weighted by molar-refractivity contribution is 7.25. The summed E-state index contributed by atoms with van der Waals surface area (Å²) in [6.45, 7) is 5.75. The Hall–Kier alpha value is -1.05. The van der Waals surface area contributed by atoms with Crippen molar-refractivity contribution >= 4 is 22.9 Å². The van der Waals surface area contributed by atoms with Crippen molar-refractivity contribution in [3.63, 3.8) is 0 Å². The first-order chi connectivity index (χ1) is 9.10. The minimum absolute atomic E-state index is 0.0456. The number of allylic oxidation sites excluding steroid dienone is 1. The fraction of sp³-hybridized carbons (Fsp3) is 0.583. The predicted molar refractivity (Wildman–Crippen MR) is 72.8 cm³/mol. The van der Waals surface area contributed by atoms with Crippen molar-refractivity contribution in [3.05, 3.63) is 24.6 Å². The van der Waals surface area contributed by atoms with Crippen LogP contribution in [0.15, 0.2) is 29.5 Å². The Morgan fingerprint density at radius 1 is 1.63 bits per heavy atom. The summed E-state index contributed by atoms with van der Waals surface area (Å²) in [5.74, 6) is 0.133. The Morgan fingerprint density at radius 2 is 2.42 bits per heavy atom. The molecule has 4 atom stereocenters. The van der Waals surface area contributed by atoms with E-state index in [1.165, 1.54) is 0 Å². The van der Waals surface area contributed by atoms with Crippen LogP contribution in [0.1, 0.15) is 13.3 Å². The molecule has 2 aliphatic heterocycles. The van der Waals surface area contributed by atoms with Crippen molar-refractivity contribution in [2.24, 2.45) is 10.9 Å². The highest BCUT2D eigenvalue weighted by Crippen LogP contribution is 2.51. The van der Waals surface area contributed by atoms with Crippen LogP contribution in [-0.2, 0) is 13.9 Å². The van der Waals surface area contributed by atoms with Gasteiger partial charge in [0.15, 0.2) is 16.9 Å². The maximum absolute atomic E-state index is 11.5. The summed E-state index contributed by atoms with van der Waals surface area (Å²) in [6, 6.07) is 0.626. The molecule has 0 aromatic carbocycles. The van der Waals surface area contributed by atoms with Crippen LogP contribution < -0.4 is 0 Å². The Morgan fingerprint density at radius 3 is 3.11 bits per heavy atom. The maximum Gasteiger partial charge on any atom is 0.297 e. The van der Waals surface area contributed by atoms with E-state index in [1.807, 2.05) is 24.1 Å². The minimum atomic E-state index is -0.549. The summed E-state index contributed by atoms with van der Waals surface area (Å²) < 4.78 is 28.4. The molecule has 3 rings (SSSR count). The fourth-order valence-electron chi connectivity index (χ4n) is 3.25. The lowest BCUT2D eigenvalue weighted by atomic mass is 9.99. The van der Waals surface area contributed by atoms with Crippen molar-refractivity contribution in [1.82, 2.24) is 4.90 Å². The average molecular weight is 296 g/mol. The van der Waals surface area contributed by atoms with Crippen LogP contribution in [0.2, 0.25) is 0 Å². The molecule has 1 aliphatic carbocycles. The number of nitrogens with zero attached hydrogens (tertiary/aromatic N) is 2. The van der Waals surface area contributed by atoms with E-state index in [0.717, 1.165) is 6.42 Å². The second kappa shape index (κ2) is 4.50. The Labute approximate surface area is 114 Å². The molecule has 0 unspecified atom stereocenters. The zero-order valence-electron chi connectivity index (χ0n) is 10.5. The van der Waals surface area contributed by atoms with E-state index in [0.29, 0.717) is 17.9 Å². The molecule has 0 N–H and O–H groups in total. The first-order valence-corrected chi connectivity index (χ1v) is 8.03. The molecule has 0 bridgehead atoms. The molecule has 3 aliphatic rings. The third kappa shape index (κ3) is 1.79. The van der Waals surface area contributed by atoms with Crippen LogP contribution in [0.25, 0.3) is 0 Å². The lowest BCUT2D eigenvalue weighted by Gasteiger charge is -2.26. The second-order valence-corrected chi connectivity index (χ2v) is 6.66. The number of amidine groups is 1. The molecule has 5 nitrogen and oxygen atoms in total. The van der Waals surface area contributed by atoms with Crippen molar-refractivity contribution in [1.29, 1.82) is 0 Å². The Kier molecular flexibility index (Phi) is 3.07. The Balaban J connectivity index is 1.96. The van der Waals surface area contributed by atoms with E-state index in [9.17, 15) is 9.13 Å². The summed E-state index contributed by atoms with van der Waals surface area (Å²) in [5.41, 5.74) is -0.0542. The molecular formula is C12H14N2O3P2. The van der Waals surface area contributed by atoms with Gasteiger partial charge in [0.1, 0.15) is 5.60 Å². The molecule has 2 heterocycles. The summed E-state index contributed by atoms with van der Waals surface area (Å²) in [6.07, 6.45) is 5.08. The predicted octanol–water partition coefficient (Wildman–Crippen LogP) is 2.81.